The first kappa shape index (κ1) is 76.0. The van der Waals surface area contributed by atoms with E-state index >= 15 is 0 Å². The molecule has 0 heterocycles. The van der Waals surface area contributed by atoms with Gasteiger partial charge in [-0.05, 0) is 51.4 Å². The molecule has 460 valence electrons. The fraction of sp³-hybridized carbons (Fsp3) is 0.894. The highest BCUT2D eigenvalue weighted by atomic mass is 31.2. The zero-order valence-corrected chi connectivity index (χ0v) is 52.1. The van der Waals surface area contributed by atoms with Gasteiger partial charge in [-0.15, -0.1) is 0 Å². The van der Waals surface area contributed by atoms with Gasteiger partial charge in [0.05, 0.1) is 19.8 Å². The summed E-state index contributed by atoms with van der Waals surface area (Å²) in [5.41, 5.74) is 0. The van der Waals surface area contributed by atoms with E-state index in [2.05, 4.69) is 45.1 Å². The van der Waals surface area contributed by atoms with Crippen LogP contribution in [0.3, 0.4) is 0 Å². The number of carbonyl (C=O) groups excluding carboxylic acids is 3. The van der Waals surface area contributed by atoms with Crippen molar-refractivity contribution in [2.45, 2.75) is 354 Å². The number of aliphatic hydroxyl groups excluding tert-OH is 1. The van der Waals surface area contributed by atoms with E-state index in [4.69, 9.17) is 23.3 Å². The summed E-state index contributed by atoms with van der Waals surface area (Å²) in [5, 5.41) is 9.85. The molecule has 0 amide bonds. The van der Waals surface area contributed by atoms with Gasteiger partial charge in [0.2, 0.25) is 0 Å². The van der Waals surface area contributed by atoms with Gasteiger partial charge >= 0.3 is 25.7 Å². The number of hydrogen-bond donors (Lipinski definition) is 2. The molecule has 12 heteroatoms. The number of allylic oxidation sites excluding steroid dienone is 4. The van der Waals surface area contributed by atoms with Crippen molar-refractivity contribution >= 4 is 25.7 Å². The number of phosphoric acid groups is 1. The molecule has 0 saturated heterocycles. The van der Waals surface area contributed by atoms with Gasteiger partial charge in [0, 0.05) is 19.3 Å². The first-order chi connectivity index (χ1) is 38.2. The summed E-state index contributed by atoms with van der Waals surface area (Å²) >= 11 is 0. The zero-order valence-electron chi connectivity index (χ0n) is 51.2. The van der Waals surface area contributed by atoms with Crippen LogP contribution in [-0.2, 0) is 42.2 Å². The number of unbranched alkanes of at least 4 members (excludes halogenated alkanes) is 42. The number of esters is 3. The summed E-state index contributed by atoms with van der Waals surface area (Å²) in [7, 11) is -4.75. The van der Waals surface area contributed by atoms with Gasteiger partial charge in [-0.2, -0.15) is 0 Å². The van der Waals surface area contributed by atoms with Gasteiger partial charge in [0.15, 0.2) is 6.10 Å². The van der Waals surface area contributed by atoms with Gasteiger partial charge in [0.1, 0.15) is 12.7 Å². The van der Waals surface area contributed by atoms with Crippen LogP contribution in [0.15, 0.2) is 24.3 Å². The summed E-state index contributed by atoms with van der Waals surface area (Å²) in [6.45, 7) is 4.70. The van der Waals surface area contributed by atoms with Gasteiger partial charge < -0.3 is 24.2 Å². The van der Waals surface area contributed by atoms with Gasteiger partial charge in [-0.3, -0.25) is 23.4 Å². The fourth-order valence-corrected chi connectivity index (χ4v) is 10.6. The van der Waals surface area contributed by atoms with E-state index in [9.17, 15) is 28.9 Å². The molecular weight excluding hydrogens is 1000 g/mol. The van der Waals surface area contributed by atoms with Crippen LogP contribution in [0, 0.1) is 0 Å². The molecule has 0 rings (SSSR count). The van der Waals surface area contributed by atoms with E-state index in [0.717, 1.165) is 83.5 Å². The third kappa shape index (κ3) is 58.6. The standard InChI is InChI=1S/C66H125O11P/c1-4-7-10-13-16-19-22-25-28-30-31-33-35-37-40-43-46-49-52-55-64(68)73-59-63(77-66(70)57-54-51-48-45-42-39-36-32-29-26-23-20-17-14-11-8-5-2)61-75-78(71,72)74-60-62(58-67)76-65(69)56-53-50-47-44-41-38-34-27-24-21-18-15-12-9-6-3/h18,21,27,34,62-63,67H,4-17,19-20,22-26,28-33,35-61H2,1-3H3,(H,71,72)/b21-18-,34-27-. The molecule has 0 spiro atoms. The maximum absolute atomic E-state index is 13.0. The first-order valence-corrected chi connectivity index (χ1v) is 34.7. The first-order valence-electron chi connectivity index (χ1n) is 33.2. The Morgan fingerprint density at radius 2 is 0.628 bits per heavy atom. The second kappa shape index (κ2) is 61.0. The Morgan fingerprint density at radius 3 is 0.974 bits per heavy atom. The van der Waals surface area contributed by atoms with Crippen molar-refractivity contribution < 1.29 is 52.2 Å². The molecule has 2 N–H and O–H groups in total. The minimum atomic E-state index is -4.75. The average Bonchev–Trinajstić information content (AvgIpc) is 3.43. The molecule has 3 unspecified atom stereocenters. The van der Waals surface area contributed by atoms with E-state index < -0.39 is 57.8 Å². The lowest BCUT2D eigenvalue weighted by molar-refractivity contribution is -0.161. The Bertz CT molecular complexity index is 1400. The highest BCUT2D eigenvalue weighted by Crippen LogP contribution is 2.43. The molecule has 0 aliphatic heterocycles. The van der Waals surface area contributed by atoms with Crippen molar-refractivity contribution in [2.24, 2.45) is 0 Å². The minimum absolute atomic E-state index is 0.166. The Kier molecular flexibility index (Phi) is 59.4. The molecule has 0 aromatic heterocycles. The quantitative estimate of drug-likeness (QED) is 0.0197. The summed E-state index contributed by atoms with van der Waals surface area (Å²) in [5.74, 6) is -1.44. The third-order valence-electron chi connectivity index (χ3n) is 14.9. The zero-order chi connectivity index (χ0) is 56.9. The van der Waals surface area contributed by atoms with E-state index in [1.54, 1.807) is 0 Å². The number of phosphoric ester groups is 1. The highest BCUT2D eigenvalue weighted by molar-refractivity contribution is 7.47. The van der Waals surface area contributed by atoms with Gasteiger partial charge in [-0.1, -0.05) is 295 Å². The average molecular weight is 1130 g/mol. The van der Waals surface area contributed by atoms with Crippen LogP contribution < -0.4 is 0 Å². The van der Waals surface area contributed by atoms with Crippen molar-refractivity contribution in [2.75, 3.05) is 26.4 Å². The molecule has 0 fully saturated rings. The van der Waals surface area contributed by atoms with Crippen LogP contribution in [0.2, 0.25) is 0 Å². The molecule has 3 atom stereocenters. The third-order valence-corrected chi connectivity index (χ3v) is 15.8. The Morgan fingerprint density at radius 1 is 0.359 bits per heavy atom. The molecule has 0 aliphatic rings. The Balaban J connectivity index is 4.65. The minimum Gasteiger partial charge on any atom is -0.462 e. The number of carbonyl (C=O) groups is 3. The molecule has 0 aromatic carbocycles. The lowest BCUT2D eigenvalue weighted by atomic mass is 10.0. The predicted octanol–water partition coefficient (Wildman–Crippen LogP) is 20.2. The second-order valence-electron chi connectivity index (χ2n) is 22.7. The lowest BCUT2D eigenvalue weighted by Crippen LogP contribution is -2.30. The van der Waals surface area contributed by atoms with Crippen molar-refractivity contribution in [1.29, 1.82) is 0 Å². The van der Waals surface area contributed by atoms with E-state index in [1.807, 2.05) is 0 Å². The maximum atomic E-state index is 13.0. The molecule has 0 radical (unpaired) electrons. The number of rotatable bonds is 63. The van der Waals surface area contributed by atoms with E-state index in [0.29, 0.717) is 19.3 Å². The molecule has 0 saturated carbocycles. The summed E-state index contributed by atoms with van der Waals surface area (Å²) in [4.78, 5) is 48.8. The van der Waals surface area contributed by atoms with Crippen LogP contribution in [0.1, 0.15) is 342 Å². The second-order valence-corrected chi connectivity index (χ2v) is 24.1. The SMILES string of the molecule is CCCCC/C=C\C/C=C\CCCCCCCC(=O)OC(CO)COP(=O)(O)OCC(COC(=O)CCCCCCCCCCCCCCCCCCCCC)OC(=O)CCCCCCCCCCCCCCCCCCC. The topological polar surface area (TPSA) is 155 Å². The Hall–Kier alpha value is -2.04. The molecular formula is C66H125O11P. The molecule has 11 nitrogen and oxygen atoms in total. The Labute approximate surface area is 480 Å². The van der Waals surface area contributed by atoms with Crippen molar-refractivity contribution in [3.63, 3.8) is 0 Å². The lowest BCUT2D eigenvalue weighted by Gasteiger charge is -2.21. The maximum Gasteiger partial charge on any atom is 0.472 e. The predicted molar refractivity (Wildman–Crippen MR) is 326 cm³/mol. The van der Waals surface area contributed by atoms with Crippen LogP contribution in [0.4, 0.5) is 0 Å². The largest absolute Gasteiger partial charge is 0.472 e. The van der Waals surface area contributed by atoms with Crippen LogP contribution >= 0.6 is 7.82 Å². The number of hydrogen-bond acceptors (Lipinski definition) is 10. The molecule has 0 aromatic rings. The normalized spacial score (nSPS) is 13.3. The van der Waals surface area contributed by atoms with Crippen LogP contribution in [0.25, 0.3) is 0 Å². The smallest absolute Gasteiger partial charge is 0.462 e. The number of aliphatic hydroxyl groups is 1. The monoisotopic (exact) mass is 1120 g/mol. The molecule has 0 bridgehead atoms. The van der Waals surface area contributed by atoms with E-state index in [1.165, 1.54) is 199 Å². The summed E-state index contributed by atoms with van der Waals surface area (Å²) < 4.78 is 39.7. The van der Waals surface area contributed by atoms with Crippen LogP contribution in [-0.4, -0.2) is 66.5 Å². The fourth-order valence-electron chi connectivity index (χ4n) is 9.80. The molecule has 78 heavy (non-hydrogen) atoms. The summed E-state index contributed by atoms with van der Waals surface area (Å²) in [6.07, 6.45) is 64.1. The van der Waals surface area contributed by atoms with Gasteiger partial charge in [0.25, 0.3) is 0 Å². The highest BCUT2D eigenvalue weighted by Gasteiger charge is 2.28. The van der Waals surface area contributed by atoms with Crippen molar-refractivity contribution in [1.82, 2.24) is 0 Å². The van der Waals surface area contributed by atoms with Crippen LogP contribution in [0.5, 0.6) is 0 Å². The molecule has 0 aliphatic carbocycles. The van der Waals surface area contributed by atoms with Gasteiger partial charge in [-0.25, -0.2) is 4.57 Å². The van der Waals surface area contributed by atoms with E-state index in [-0.39, 0.29) is 25.9 Å². The van der Waals surface area contributed by atoms with Crippen molar-refractivity contribution in [3.8, 4) is 0 Å². The van der Waals surface area contributed by atoms with Crippen molar-refractivity contribution in [3.05, 3.63) is 24.3 Å². The number of ether oxygens (including phenoxy) is 3. The summed E-state index contributed by atoms with van der Waals surface area (Å²) in [6, 6.07) is 0.